The van der Waals surface area contributed by atoms with Gasteiger partial charge in [0.05, 0.1) is 33.5 Å². The first-order valence-corrected chi connectivity index (χ1v) is 17.9. The molecule has 0 fully saturated rings. The molecule has 0 bridgehead atoms. The molecule has 43 heavy (non-hydrogen) atoms. The van der Waals surface area contributed by atoms with Gasteiger partial charge >= 0.3 is 0 Å². The van der Waals surface area contributed by atoms with Crippen molar-refractivity contribution in [3.63, 3.8) is 0 Å². The summed E-state index contributed by atoms with van der Waals surface area (Å²) in [4.78, 5) is 2.78. The summed E-state index contributed by atoms with van der Waals surface area (Å²) in [6.45, 7) is 24.0. The van der Waals surface area contributed by atoms with Crippen LogP contribution in [0, 0.1) is 10.8 Å². The van der Waals surface area contributed by atoms with Gasteiger partial charge in [-0.3, -0.25) is 0 Å². The maximum atomic E-state index is 11.1. The molecule has 0 amide bonds. The van der Waals surface area contributed by atoms with Crippen LogP contribution in [0.4, 0.5) is 0 Å². The van der Waals surface area contributed by atoms with E-state index in [2.05, 4.69) is 80.3 Å². The Morgan fingerprint density at radius 3 is 1.74 bits per heavy atom. The fraction of sp³-hybridized carbons (Fsp3) is 0.429. The molecule has 0 saturated heterocycles. The Balaban J connectivity index is 2.52. The van der Waals surface area contributed by atoms with Gasteiger partial charge in [0.25, 0.3) is 0 Å². The third kappa shape index (κ3) is 10.8. The molecule has 1 unspecified atom stereocenters. The van der Waals surface area contributed by atoms with Crippen LogP contribution >= 0.6 is 15.9 Å². The van der Waals surface area contributed by atoms with Crippen LogP contribution in [0.25, 0.3) is 0 Å². The first kappa shape index (κ1) is 36.5. The van der Waals surface area contributed by atoms with Crippen molar-refractivity contribution < 1.29 is 28.5 Å². The smallest absolute Gasteiger partial charge is 0.193 e. The van der Waals surface area contributed by atoms with Crippen molar-refractivity contribution in [3.8, 4) is 22.2 Å². The lowest BCUT2D eigenvalue weighted by molar-refractivity contribution is -0.0506. The van der Waals surface area contributed by atoms with Crippen molar-refractivity contribution >= 4 is 24.2 Å². The Bertz CT molecular complexity index is 1250. The summed E-state index contributed by atoms with van der Waals surface area (Å²) >= 11 is 3.20. The summed E-state index contributed by atoms with van der Waals surface area (Å²) in [6, 6.07) is 15.2. The quantitative estimate of drug-likeness (QED) is 0.105. The highest BCUT2D eigenvalue weighted by Crippen LogP contribution is 2.40. The second kappa shape index (κ2) is 17.0. The van der Waals surface area contributed by atoms with Crippen molar-refractivity contribution in [2.45, 2.75) is 83.0 Å². The number of halogens is 1. The largest absolute Gasteiger partial charge is 0.497 e. The lowest BCUT2D eigenvalue weighted by Crippen LogP contribution is -2.50. The maximum absolute atomic E-state index is 11.1. The van der Waals surface area contributed by atoms with E-state index in [1.807, 2.05) is 48.5 Å². The van der Waals surface area contributed by atoms with E-state index in [0.717, 1.165) is 28.2 Å². The van der Waals surface area contributed by atoms with E-state index in [1.54, 1.807) is 14.2 Å². The molecular formula is C35H47BrO6Si. The minimum atomic E-state index is -2.34. The van der Waals surface area contributed by atoms with Gasteiger partial charge in [-0.15, -0.1) is 6.58 Å². The normalized spacial score (nSPS) is 14.4. The summed E-state index contributed by atoms with van der Waals surface area (Å²) in [6.07, 6.45) is -1.34. The molecule has 2 rings (SSSR count). The van der Waals surface area contributed by atoms with E-state index in [0.29, 0.717) is 12.0 Å². The van der Waals surface area contributed by atoms with Crippen molar-refractivity contribution in [3.05, 3.63) is 96.6 Å². The Morgan fingerprint density at radius 2 is 1.35 bits per heavy atom. The zero-order chi connectivity index (χ0) is 32.2. The fourth-order valence-electron chi connectivity index (χ4n) is 4.02. The van der Waals surface area contributed by atoms with Gasteiger partial charge < -0.3 is 28.5 Å². The van der Waals surface area contributed by atoms with Crippen LogP contribution in [0.1, 0.15) is 38.3 Å². The molecule has 0 aromatic heterocycles. The van der Waals surface area contributed by atoms with Gasteiger partial charge in [0.2, 0.25) is 0 Å². The first-order chi connectivity index (χ1) is 20.3. The Kier molecular flexibility index (Phi) is 14.5. The van der Waals surface area contributed by atoms with Gasteiger partial charge in [-0.05, 0) is 69.5 Å². The average Bonchev–Trinajstić information content (AvgIpc) is 2.99. The number of hydrogen-bond donors (Lipinski definition) is 1. The summed E-state index contributed by atoms with van der Waals surface area (Å²) in [5.41, 5.74) is 3.12. The molecule has 0 saturated carbocycles. The van der Waals surface area contributed by atoms with E-state index in [4.69, 9.17) is 23.4 Å². The predicted molar refractivity (Wildman–Crippen MR) is 181 cm³/mol. The van der Waals surface area contributed by atoms with Gasteiger partial charge in [-0.1, -0.05) is 70.2 Å². The predicted octanol–water partition coefficient (Wildman–Crippen LogP) is 7.97. The monoisotopic (exact) mass is 670 g/mol. The number of ether oxygens (including phenoxy) is 4. The molecule has 234 valence electrons. The number of aliphatic hydroxyl groups excluding tert-OH is 1. The third-order valence-electron chi connectivity index (χ3n) is 7.75. The SMILES string of the molecule is C=CC(O)[C@@H](OCc1ccc(OC)cc1)C(=C)[C@H](OCc1ccc(OC)cc1)[C@@H](O[Si](C)(C)C(C)(C)C)C(=C)CC#CBr. The van der Waals surface area contributed by atoms with E-state index in [1.165, 1.54) is 6.08 Å². The van der Waals surface area contributed by atoms with Crippen LogP contribution in [0.5, 0.6) is 11.5 Å². The van der Waals surface area contributed by atoms with Crippen LogP contribution in [0.3, 0.4) is 0 Å². The molecule has 4 atom stereocenters. The molecule has 0 aliphatic heterocycles. The van der Waals surface area contributed by atoms with Gasteiger partial charge in [-0.2, -0.15) is 0 Å². The molecule has 0 aliphatic carbocycles. The second-order valence-corrected chi connectivity index (χ2v) is 17.0. The number of methoxy groups -OCH3 is 2. The minimum Gasteiger partial charge on any atom is -0.497 e. The molecular weight excluding hydrogens is 624 g/mol. The van der Waals surface area contributed by atoms with Gasteiger partial charge in [-0.25, -0.2) is 0 Å². The molecule has 0 radical (unpaired) electrons. The molecule has 2 aromatic carbocycles. The van der Waals surface area contributed by atoms with Gasteiger partial charge in [0, 0.05) is 22.4 Å². The molecule has 8 heteroatoms. The van der Waals surface area contributed by atoms with E-state index >= 15 is 0 Å². The third-order valence-corrected chi connectivity index (χ3v) is 12.5. The zero-order valence-electron chi connectivity index (χ0n) is 26.6. The highest BCUT2D eigenvalue weighted by Gasteiger charge is 2.43. The second-order valence-electron chi connectivity index (χ2n) is 11.9. The molecule has 2 aromatic rings. The molecule has 6 nitrogen and oxygen atoms in total. The number of hydrogen-bond acceptors (Lipinski definition) is 6. The number of benzene rings is 2. The van der Waals surface area contributed by atoms with Crippen LogP contribution < -0.4 is 9.47 Å². The van der Waals surface area contributed by atoms with E-state index in [9.17, 15) is 5.11 Å². The highest BCUT2D eigenvalue weighted by molar-refractivity contribution is 9.12. The van der Waals surface area contributed by atoms with Crippen molar-refractivity contribution in [1.29, 1.82) is 0 Å². The standard InChI is InChI=1S/C35H47BrO6Si/c1-11-31(37)33(40-23-27-14-18-29(38-7)19-15-27)26(3)34(41-24-28-16-20-30(39-8)21-17-28)32(25(2)13-12-22-36)42-43(9,10)35(4,5)6/h11,14-21,31-34,37H,1-3,13,23-24H2,4-10H3/t31?,32-,33-,34-/m0/s1. The Hall–Kier alpha value is -2.64. The summed E-state index contributed by atoms with van der Waals surface area (Å²) in [7, 11) is 0.911. The number of rotatable bonds is 17. The molecule has 1 N–H and O–H groups in total. The van der Waals surface area contributed by atoms with Crippen LogP contribution in [0.2, 0.25) is 18.1 Å². The number of aliphatic hydroxyl groups is 1. The van der Waals surface area contributed by atoms with Crippen molar-refractivity contribution in [2.75, 3.05) is 14.2 Å². The molecule has 0 aliphatic rings. The van der Waals surface area contributed by atoms with E-state index in [-0.39, 0.29) is 18.3 Å². The summed E-state index contributed by atoms with van der Waals surface area (Å²) < 4.78 is 30.5. The first-order valence-electron chi connectivity index (χ1n) is 14.2. The summed E-state index contributed by atoms with van der Waals surface area (Å²) in [5, 5.41) is 11.0. The van der Waals surface area contributed by atoms with Crippen LogP contribution in [-0.2, 0) is 27.1 Å². The molecule has 0 spiro atoms. The van der Waals surface area contributed by atoms with E-state index < -0.39 is 32.7 Å². The summed E-state index contributed by atoms with van der Waals surface area (Å²) in [5.74, 6) is 4.55. The van der Waals surface area contributed by atoms with Gasteiger partial charge in [0.1, 0.15) is 29.8 Å². The average molecular weight is 672 g/mol. The fourth-order valence-corrected chi connectivity index (χ4v) is 5.43. The van der Waals surface area contributed by atoms with Crippen molar-refractivity contribution in [2.24, 2.45) is 0 Å². The van der Waals surface area contributed by atoms with Crippen molar-refractivity contribution in [1.82, 2.24) is 0 Å². The Labute approximate surface area is 268 Å². The molecule has 0 heterocycles. The van der Waals surface area contributed by atoms with Gasteiger partial charge in [0.15, 0.2) is 8.32 Å². The van der Waals surface area contributed by atoms with Crippen LogP contribution in [-0.4, -0.2) is 52.1 Å². The lowest BCUT2D eigenvalue weighted by atomic mass is 9.92. The minimum absolute atomic E-state index is 0.0839. The lowest BCUT2D eigenvalue weighted by Gasteiger charge is -2.43. The Morgan fingerprint density at radius 1 is 0.884 bits per heavy atom. The maximum Gasteiger partial charge on any atom is 0.193 e. The zero-order valence-corrected chi connectivity index (χ0v) is 29.2. The highest BCUT2D eigenvalue weighted by atomic mass is 79.9. The van der Waals surface area contributed by atoms with Crippen LogP contribution in [0.15, 0.2) is 85.5 Å². The topological polar surface area (TPSA) is 66.4 Å².